The van der Waals surface area contributed by atoms with E-state index in [2.05, 4.69) is 157 Å². The molecule has 10 aromatic rings. The average Bonchev–Trinajstić information content (AvgIpc) is 3.96. The van der Waals surface area contributed by atoms with E-state index < -0.39 is 11.5 Å². The fourth-order valence-electron chi connectivity index (χ4n) is 9.66. The van der Waals surface area contributed by atoms with Gasteiger partial charge in [-0.2, -0.15) is 0 Å². The molecule has 0 amide bonds. The molecule has 9 aromatic carbocycles. The Balaban J connectivity index is 1.08. The molecule has 58 heavy (non-hydrogen) atoms. The Morgan fingerprint density at radius 1 is 0.379 bits per heavy atom. The summed E-state index contributed by atoms with van der Waals surface area (Å²) in [5.74, 6) is 0. The maximum Gasteiger partial charge on any atom is 0.0725 e. The number of para-hydroxylation sites is 3. The van der Waals surface area contributed by atoms with Crippen molar-refractivity contribution in [3.8, 4) is 22.3 Å². The second-order valence-corrected chi connectivity index (χ2v) is 15.9. The summed E-state index contributed by atoms with van der Waals surface area (Å²) in [4.78, 5) is 4.19. The molecule has 0 N–H and O–H groups in total. The molecule has 2 aliphatic carbocycles. The van der Waals surface area contributed by atoms with E-state index in [4.69, 9.17) is 6.85 Å². The van der Waals surface area contributed by atoms with E-state index in [1.54, 1.807) is 4.90 Å². The highest BCUT2D eigenvalue weighted by molar-refractivity contribution is 7.26. The highest BCUT2D eigenvalue weighted by atomic mass is 32.1. The average molecular weight is 762 g/mol. The lowest BCUT2D eigenvalue weighted by molar-refractivity contribution is 0.794. The van der Waals surface area contributed by atoms with Crippen molar-refractivity contribution in [2.24, 2.45) is 0 Å². The van der Waals surface area contributed by atoms with Crippen molar-refractivity contribution < 1.29 is 6.85 Å². The zero-order chi connectivity index (χ0) is 42.6. The van der Waals surface area contributed by atoms with Crippen molar-refractivity contribution in [2.45, 2.75) is 5.41 Å². The van der Waals surface area contributed by atoms with Crippen LogP contribution in [0.3, 0.4) is 0 Å². The zero-order valence-electron chi connectivity index (χ0n) is 36.2. The highest BCUT2D eigenvalue weighted by Crippen LogP contribution is 2.64. The van der Waals surface area contributed by atoms with Crippen LogP contribution < -0.4 is 9.80 Å². The van der Waals surface area contributed by atoms with Crippen LogP contribution in [0.25, 0.3) is 42.4 Å². The van der Waals surface area contributed by atoms with Crippen LogP contribution in [0.5, 0.6) is 0 Å². The molecule has 0 radical (unpaired) electrons. The van der Waals surface area contributed by atoms with E-state index in [0.717, 1.165) is 33.8 Å². The first-order chi connectivity index (χ1) is 30.9. The van der Waals surface area contributed by atoms with E-state index in [1.807, 2.05) is 47.7 Å². The van der Waals surface area contributed by atoms with Crippen LogP contribution >= 0.6 is 11.3 Å². The van der Waals surface area contributed by atoms with Crippen LogP contribution in [-0.2, 0) is 5.41 Å². The van der Waals surface area contributed by atoms with E-state index in [0.29, 0.717) is 11.4 Å². The summed E-state index contributed by atoms with van der Waals surface area (Å²) < 4.78 is 46.1. The minimum Gasteiger partial charge on any atom is -0.310 e. The summed E-state index contributed by atoms with van der Waals surface area (Å²) in [6.45, 7) is 0. The van der Waals surface area contributed by atoms with Crippen molar-refractivity contribution in [2.75, 3.05) is 9.80 Å². The summed E-state index contributed by atoms with van der Waals surface area (Å²) >= 11 is 1.83. The lowest BCUT2D eigenvalue weighted by atomic mass is 9.70. The highest BCUT2D eigenvalue weighted by Gasteiger charge is 2.51. The van der Waals surface area contributed by atoms with Gasteiger partial charge in [0, 0.05) is 43.9 Å². The first kappa shape index (κ1) is 28.2. The van der Waals surface area contributed by atoms with Gasteiger partial charge >= 0.3 is 0 Å². The van der Waals surface area contributed by atoms with Gasteiger partial charge in [-0.25, -0.2) is 0 Å². The molecule has 2 aliphatic rings. The molecule has 12 rings (SSSR count). The number of thiophene rings is 1. The lowest BCUT2D eigenvalue weighted by Gasteiger charge is -2.32. The van der Waals surface area contributed by atoms with Crippen molar-refractivity contribution in [1.29, 1.82) is 0 Å². The van der Waals surface area contributed by atoms with Gasteiger partial charge in [0.25, 0.3) is 0 Å². The molecule has 272 valence electrons. The third kappa shape index (κ3) is 4.71. The predicted octanol–water partition coefficient (Wildman–Crippen LogP) is 15.3. The van der Waals surface area contributed by atoms with Crippen molar-refractivity contribution in [1.82, 2.24) is 0 Å². The first-order valence-corrected chi connectivity index (χ1v) is 20.3. The molecule has 0 saturated carbocycles. The third-order valence-electron chi connectivity index (χ3n) is 11.9. The largest absolute Gasteiger partial charge is 0.310 e. The van der Waals surface area contributed by atoms with Crippen LogP contribution in [0.4, 0.5) is 34.1 Å². The van der Waals surface area contributed by atoms with Gasteiger partial charge in [0.1, 0.15) is 0 Å². The van der Waals surface area contributed by atoms with Crippen LogP contribution in [0.1, 0.15) is 29.1 Å². The van der Waals surface area contributed by atoms with Gasteiger partial charge in [-0.3, -0.25) is 0 Å². The van der Waals surface area contributed by atoms with Crippen LogP contribution in [-0.4, -0.2) is 0 Å². The Hall–Kier alpha value is -7.20. The number of benzene rings is 9. The molecule has 2 nitrogen and oxygen atoms in total. The number of anilines is 6. The number of fused-ring (bicyclic) bond motifs is 13. The van der Waals surface area contributed by atoms with E-state index in [9.17, 15) is 0 Å². The molecule has 3 heteroatoms. The molecule has 1 aromatic heterocycles. The maximum absolute atomic E-state index is 9.03. The Morgan fingerprint density at radius 2 is 0.897 bits per heavy atom. The minimum atomic E-state index is -0.633. The van der Waals surface area contributed by atoms with E-state index in [1.165, 1.54) is 48.0 Å². The van der Waals surface area contributed by atoms with Gasteiger partial charge in [-0.1, -0.05) is 146 Å². The van der Waals surface area contributed by atoms with E-state index >= 15 is 0 Å². The van der Waals surface area contributed by atoms with Crippen molar-refractivity contribution in [3.63, 3.8) is 0 Å². The SMILES string of the molecule is [2H]c1c([2H])c([2H])c(N(c2ccccc2)c2ccc3c(c2)-c2ccccc2C32c3ccccc3-c3cc(N(c4ccccc4)c4cccc5c4sc4ccccc45)ccc32)c([2H])c1[2H]. The second-order valence-electron chi connectivity index (χ2n) is 14.9. The molecule has 0 aliphatic heterocycles. The smallest absolute Gasteiger partial charge is 0.0725 e. The standard InChI is InChI=1S/C55H36N2S/c1-4-17-37(18-5-1)56(38-19-6-2-7-20-38)40-31-33-50-46(35-40)42-23-10-13-27-48(42)55(50)49-28-14-11-24-43(49)47-36-41(32-34-51(47)55)57(39-21-8-3-9-22-39)52-29-16-26-45-44-25-12-15-30-53(44)58-54(45)52/h1-36H/i1D,4D,5D,17D,18D. The monoisotopic (exact) mass is 761 g/mol. The van der Waals surface area contributed by atoms with Gasteiger partial charge in [0.2, 0.25) is 0 Å². The first-order valence-electron chi connectivity index (χ1n) is 22.0. The van der Waals surface area contributed by atoms with Crippen molar-refractivity contribution >= 4 is 65.6 Å². The molecular formula is C55H36N2S. The van der Waals surface area contributed by atoms with Crippen LogP contribution in [0, 0.1) is 0 Å². The van der Waals surface area contributed by atoms with E-state index in [-0.39, 0.29) is 29.9 Å². The van der Waals surface area contributed by atoms with Gasteiger partial charge < -0.3 is 9.80 Å². The predicted molar refractivity (Wildman–Crippen MR) is 245 cm³/mol. The number of rotatable bonds is 6. The molecule has 0 saturated heterocycles. The Labute approximate surface area is 349 Å². The minimum absolute atomic E-state index is 0.103. The molecule has 1 atom stereocenters. The molecule has 0 bridgehead atoms. The number of nitrogens with zero attached hydrogens (tertiary/aromatic N) is 2. The lowest BCUT2D eigenvalue weighted by Crippen LogP contribution is -2.26. The van der Waals surface area contributed by atoms with Crippen LogP contribution in [0.15, 0.2) is 218 Å². The molecule has 1 spiro atoms. The normalized spacial score (nSPS) is 15.8. The summed E-state index contributed by atoms with van der Waals surface area (Å²) in [6, 6.07) is 64.5. The summed E-state index contributed by atoms with van der Waals surface area (Å²) in [7, 11) is 0. The number of hydrogen-bond donors (Lipinski definition) is 0. The quantitative estimate of drug-likeness (QED) is 0.166. The topological polar surface area (TPSA) is 6.48 Å². The maximum atomic E-state index is 9.03. The summed E-state index contributed by atoms with van der Waals surface area (Å²) in [5.41, 5.74) is 13.3. The fourth-order valence-corrected chi connectivity index (χ4v) is 10.9. The summed E-state index contributed by atoms with van der Waals surface area (Å²) in [6.07, 6.45) is 0. The van der Waals surface area contributed by atoms with Gasteiger partial charge in [0.05, 0.1) is 22.7 Å². The summed E-state index contributed by atoms with van der Waals surface area (Å²) in [5, 5.41) is 2.51. The Morgan fingerprint density at radius 3 is 1.55 bits per heavy atom. The molecule has 1 unspecified atom stereocenters. The molecular weight excluding hydrogens is 721 g/mol. The van der Waals surface area contributed by atoms with Crippen LogP contribution in [0.2, 0.25) is 0 Å². The third-order valence-corrected chi connectivity index (χ3v) is 13.1. The van der Waals surface area contributed by atoms with Gasteiger partial charge in [0.15, 0.2) is 0 Å². The molecule has 0 fully saturated rings. The van der Waals surface area contributed by atoms with Gasteiger partial charge in [-0.15, -0.1) is 11.3 Å². The Kier molecular flexibility index (Phi) is 6.29. The number of hydrogen-bond acceptors (Lipinski definition) is 3. The van der Waals surface area contributed by atoms with Gasteiger partial charge in [-0.05, 0) is 117 Å². The Bertz CT molecular complexity index is 3470. The molecule has 1 heterocycles. The fraction of sp³-hybridized carbons (Fsp3) is 0.0182. The second kappa shape index (κ2) is 12.9. The van der Waals surface area contributed by atoms with Crippen molar-refractivity contribution in [3.05, 3.63) is 241 Å². The zero-order valence-corrected chi connectivity index (χ0v) is 32.0.